The minimum absolute atomic E-state index is 0.678. The van der Waals surface area contributed by atoms with Crippen LogP contribution in [0, 0.1) is 6.92 Å². The standard InChI is InChI=1S/C17H22N6S/c1-14-4-6-15(7-5-14)12-18-8-3-10-22(2)17-20-16(21-24-17)23-11-9-19-13-23/h4-7,9,11,13,18H,3,8,10,12H2,1-2H3. The van der Waals surface area contributed by atoms with Gasteiger partial charge in [0.2, 0.25) is 11.1 Å². The molecule has 3 rings (SSSR count). The van der Waals surface area contributed by atoms with E-state index in [2.05, 4.69) is 62.8 Å². The minimum Gasteiger partial charge on any atom is -0.350 e. The maximum atomic E-state index is 4.54. The minimum atomic E-state index is 0.678. The van der Waals surface area contributed by atoms with E-state index in [0.29, 0.717) is 5.95 Å². The number of imidazole rings is 1. The van der Waals surface area contributed by atoms with Crippen LogP contribution in [0.1, 0.15) is 17.5 Å². The van der Waals surface area contributed by atoms with Crippen molar-refractivity contribution in [2.45, 2.75) is 19.9 Å². The molecule has 24 heavy (non-hydrogen) atoms. The first-order valence-corrected chi connectivity index (χ1v) is 8.79. The fourth-order valence-corrected chi connectivity index (χ4v) is 2.97. The maximum Gasteiger partial charge on any atom is 0.248 e. The molecule has 1 aromatic carbocycles. The summed E-state index contributed by atoms with van der Waals surface area (Å²) in [4.78, 5) is 10.7. The second kappa shape index (κ2) is 8.03. The average Bonchev–Trinajstić information content (AvgIpc) is 3.27. The smallest absolute Gasteiger partial charge is 0.248 e. The van der Waals surface area contributed by atoms with E-state index in [1.54, 1.807) is 12.5 Å². The molecular formula is C17H22N6S. The molecule has 7 heteroatoms. The SMILES string of the molecule is Cc1ccc(CNCCCN(C)c2nc(-n3ccnc3)ns2)cc1. The molecule has 126 valence electrons. The van der Waals surface area contributed by atoms with Crippen molar-refractivity contribution in [2.75, 3.05) is 25.0 Å². The molecule has 0 fully saturated rings. The van der Waals surface area contributed by atoms with Crippen molar-refractivity contribution in [3.8, 4) is 5.95 Å². The lowest BCUT2D eigenvalue weighted by atomic mass is 10.1. The first kappa shape index (κ1) is 16.6. The van der Waals surface area contributed by atoms with E-state index < -0.39 is 0 Å². The predicted octanol–water partition coefficient (Wildman–Crippen LogP) is 2.65. The van der Waals surface area contributed by atoms with Crippen LogP contribution in [-0.4, -0.2) is 39.0 Å². The van der Waals surface area contributed by atoms with Crippen molar-refractivity contribution in [1.29, 1.82) is 0 Å². The topological polar surface area (TPSA) is 58.9 Å². The van der Waals surface area contributed by atoms with E-state index in [1.165, 1.54) is 22.7 Å². The maximum absolute atomic E-state index is 4.54. The summed E-state index contributed by atoms with van der Waals surface area (Å²) in [6, 6.07) is 8.65. The number of nitrogens with one attached hydrogen (secondary N) is 1. The van der Waals surface area contributed by atoms with E-state index in [-0.39, 0.29) is 0 Å². The monoisotopic (exact) mass is 342 g/mol. The second-order valence-electron chi connectivity index (χ2n) is 5.78. The van der Waals surface area contributed by atoms with Crippen molar-refractivity contribution in [1.82, 2.24) is 24.2 Å². The van der Waals surface area contributed by atoms with Gasteiger partial charge in [0.05, 0.1) is 0 Å². The van der Waals surface area contributed by atoms with Gasteiger partial charge in [0.1, 0.15) is 6.33 Å². The first-order valence-electron chi connectivity index (χ1n) is 8.02. The van der Waals surface area contributed by atoms with Crippen LogP contribution in [0.2, 0.25) is 0 Å². The van der Waals surface area contributed by atoms with E-state index in [1.807, 2.05) is 10.8 Å². The fourth-order valence-electron chi connectivity index (χ4n) is 2.32. The summed E-state index contributed by atoms with van der Waals surface area (Å²) in [6.45, 7) is 4.94. The molecular weight excluding hydrogens is 320 g/mol. The molecule has 2 aromatic heterocycles. The van der Waals surface area contributed by atoms with Gasteiger partial charge in [0.15, 0.2) is 0 Å². The number of aryl methyl sites for hydroxylation is 1. The van der Waals surface area contributed by atoms with Crippen LogP contribution in [-0.2, 0) is 6.54 Å². The number of rotatable bonds is 8. The number of nitrogens with zero attached hydrogens (tertiary/aromatic N) is 5. The molecule has 0 aliphatic rings. The van der Waals surface area contributed by atoms with Crippen LogP contribution >= 0.6 is 11.5 Å². The summed E-state index contributed by atoms with van der Waals surface area (Å²) in [7, 11) is 2.05. The third-order valence-electron chi connectivity index (χ3n) is 3.76. The molecule has 0 atom stereocenters. The summed E-state index contributed by atoms with van der Waals surface area (Å²) in [5.74, 6) is 0.678. The van der Waals surface area contributed by atoms with Gasteiger partial charge in [-0.25, -0.2) is 4.98 Å². The molecule has 0 saturated carbocycles. The Morgan fingerprint density at radius 2 is 2.08 bits per heavy atom. The Morgan fingerprint density at radius 3 is 2.83 bits per heavy atom. The molecule has 6 nitrogen and oxygen atoms in total. The number of hydrogen-bond acceptors (Lipinski definition) is 6. The van der Waals surface area contributed by atoms with Gasteiger partial charge >= 0.3 is 0 Å². The van der Waals surface area contributed by atoms with Crippen molar-refractivity contribution in [3.05, 3.63) is 54.1 Å². The van der Waals surface area contributed by atoms with Crippen LogP contribution in [0.4, 0.5) is 5.13 Å². The number of benzene rings is 1. The van der Waals surface area contributed by atoms with Crippen molar-refractivity contribution < 1.29 is 0 Å². The Kier molecular flexibility index (Phi) is 5.55. The molecule has 0 aliphatic carbocycles. The second-order valence-corrected chi connectivity index (χ2v) is 6.51. The van der Waals surface area contributed by atoms with Gasteiger partial charge in [-0.1, -0.05) is 29.8 Å². The van der Waals surface area contributed by atoms with Crippen LogP contribution < -0.4 is 10.2 Å². The van der Waals surface area contributed by atoms with Crippen molar-refractivity contribution in [2.24, 2.45) is 0 Å². The van der Waals surface area contributed by atoms with Gasteiger partial charge in [-0.2, -0.15) is 9.36 Å². The molecule has 0 amide bonds. The summed E-state index contributed by atoms with van der Waals surface area (Å²) >= 11 is 1.41. The lowest BCUT2D eigenvalue weighted by molar-refractivity contribution is 0.645. The zero-order chi connectivity index (χ0) is 16.8. The zero-order valence-corrected chi connectivity index (χ0v) is 14.8. The van der Waals surface area contributed by atoms with Crippen molar-refractivity contribution >= 4 is 16.7 Å². The van der Waals surface area contributed by atoms with E-state index in [0.717, 1.165) is 31.2 Å². The molecule has 0 aliphatic heterocycles. The highest BCUT2D eigenvalue weighted by molar-refractivity contribution is 7.09. The van der Waals surface area contributed by atoms with Gasteiger partial charge < -0.3 is 10.2 Å². The Labute approximate surface area is 146 Å². The summed E-state index contributed by atoms with van der Waals surface area (Å²) < 4.78 is 6.18. The third kappa shape index (κ3) is 4.39. The molecule has 0 spiro atoms. The van der Waals surface area contributed by atoms with E-state index in [4.69, 9.17) is 0 Å². The lowest BCUT2D eigenvalue weighted by Crippen LogP contribution is -2.23. The quantitative estimate of drug-likeness (QED) is 0.638. The summed E-state index contributed by atoms with van der Waals surface area (Å²) in [5.41, 5.74) is 2.62. The van der Waals surface area contributed by atoms with Crippen LogP contribution in [0.5, 0.6) is 0 Å². The zero-order valence-electron chi connectivity index (χ0n) is 14.0. The Bertz CT molecular complexity index is 735. The number of anilines is 1. The predicted molar refractivity (Wildman–Crippen MR) is 97.8 cm³/mol. The van der Waals surface area contributed by atoms with Gasteiger partial charge in [0, 0.05) is 44.1 Å². The van der Waals surface area contributed by atoms with Gasteiger partial charge in [-0.15, -0.1) is 0 Å². The highest BCUT2D eigenvalue weighted by Crippen LogP contribution is 2.17. The van der Waals surface area contributed by atoms with Crippen LogP contribution in [0.15, 0.2) is 43.0 Å². The van der Waals surface area contributed by atoms with Crippen LogP contribution in [0.3, 0.4) is 0 Å². The fraction of sp³-hybridized carbons (Fsp3) is 0.353. The highest BCUT2D eigenvalue weighted by atomic mass is 32.1. The summed E-state index contributed by atoms with van der Waals surface area (Å²) in [5, 5.41) is 4.41. The first-order chi connectivity index (χ1) is 11.7. The highest BCUT2D eigenvalue weighted by Gasteiger charge is 2.09. The molecule has 1 N–H and O–H groups in total. The van der Waals surface area contributed by atoms with Gasteiger partial charge in [0.25, 0.3) is 0 Å². The third-order valence-corrected chi connectivity index (χ3v) is 4.58. The Balaban J connectivity index is 1.39. The Hall–Kier alpha value is -2.25. The number of aromatic nitrogens is 4. The van der Waals surface area contributed by atoms with E-state index in [9.17, 15) is 0 Å². The lowest BCUT2D eigenvalue weighted by Gasteiger charge is -2.15. The molecule has 0 bridgehead atoms. The molecule has 0 saturated heterocycles. The van der Waals surface area contributed by atoms with Crippen molar-refractivity contribution in [3.63, 3.8) is 0 Å². The average molecular weight is 342 g/mol. The molecule has 3 aromatic rings. The Morgan fingerprint density at radius 1 is 1.25 bits per heavy atom. The molecule has 2 heterocycles. The van der Waals surface area contributed by atoms with Gasteiger partial charge in [-0.05, 0) is 25.5 Å². The summed E-state index contributed by atoms with van der Waals surface area (Å²) in [6.07, 6.45) is 6.34. The normalized spacial score (nSPS) is 10.9. The molecule has 0 radical (unpaired) electrons. The molecule has 0 unspecified atom stereocenters. The van der Waals surface area contributed by atoms with Crippen LogP contribution in [0.25, 0.3) is 5.95 Å². The number of hydrogen-bond donors (Lipinski definition) is 1. The van der Waals surface area contributed by atoms with Gasteiger partial charge in [-0.3, -0.25) is 4.57 Å². The largest absolute Gasteiger partial charge is 0.350 e. The van der Waals surface area contributed by atoms with E-state index >= 15 is 0 Å².